The van der Waals surface area contributed by atoms with Gasteiger partial charge in [-0.1, -0.05) is 29.4 Å². The molecule has 0 aliphatic carbocycles. The number of halogens is 1. The fourth-order valence-corrected chi connectivity index (χ4v) is 4.59. The molecule has 0 atom stereocenters. The molecule has 6 nitrogen and oxygen atoms in total. The molecule has 0 spiro atoms. The highest BCUT2D eigenvalue weighted by atomic mass is 35.5. The van der Waals surface area contributed by atoms with Crippen LogP contribution in [0.5, 0.6) is 11.5 Å². The van der Waals surface area contributed by atoms with Crippen LogP contribution in [0.2, 0.25) is 5.02 Å². The molecule has 4 rings (SSSR count). The summed E-state index contributed by atoms with van der Waals surface area (Å²) < 4.78 is 11.2. The molecule has 0 radical (unpaired) electrons. The van der Waals surface area contributed by atoms with Gasteiger partial charge in [0.1, 0.15) is 13.2 Å². The molecule has 2 amide bonds. The smallest absolute Gasteiger partial charge is 0.246 e. The maximum Gasteiger partial charge on any atom is 0.246 e. The van der Waals surface area contributed by atoms with Crippen LogP contribution in [0.1, 0.15) is 12.5 Å². The number of nitrogens with zero attached hydrogens (tertiary/aromatic N) is 2. The SMILES string of the molecule is CC(=O)N1CCN(C(=O)/C=C/c2ccc(Sc3ccc4c(c3)OCCO4)c(Cl)c2)CC1. The second-order valence-corrected chi connectivity index (χ2v) is 8.78. The molecule has 2 aliphatic rings. The summed E-state index contributed by atoms with van der Waals surface area (Å²) in [5.74, 6) is 1.49. The molecule has 0 N–H and O–H groups in total. The highest BCUT2D eigenvalue weighted by Gasteiger charge is 2.20. The van der Waals surface area contributed by atoms with Crippen LogP contribution < -0.4 is 9.47 Å². The number of carbonyl (C=O) groups is 2. The highest BCUT2D eigenvalue weighted by molar-refractivity contribution is 7.99. The summed E-state index contributed by atoms with van der Waals surface area (Å²) in [6, 6.07) is 11.6. The highest BCUT2D eigenvalue weighted by Crippen LogP contribution is 2.39. The first-order chi connectivity index (χ1) is 15.0. The Kier molecular flexibility index (Phi) is 6.73. The number of carbonyl (C=O) groups excluding carboxylic acids is 2. The van der Waals surface area contributed by atoms with Gasteiger partial charge in [-0.05, 0) is 42.0 Å². The molecule has 0 bridgehead atoms. The third kappa shape index (κ3) is 5.35. The van der Waals surface area contributed by atoms with Crippen LogP contribution in [0.25, 0.3) is 6.08 Å². The number of piperazine rings is 1. The van der Waals surface area contributed by atoms with Crippen molar-refractivity contribution in [3.8, 4) is 11.5 Å². The fourth-order valence-electron chi connectivity index (χ4n) is 3.43. The van der Waals surface area contributed by atoms with Crippen LogP contribution in [0.15, 0.2) is 52.3 Å². The lowest BCUT2D eigenvalue weighted by Crippen LogP contribution is -2.49. The predicted octanol–water partition coefficient (Wildman–Crippen LogP) is 3.97. The Balaban J connectivity index is 1.37. The van der Waals surface area contributed by atoms with Crippen molar-refractivity contribution in [2.75, 3.05) is 39.4 Å². The van der Waals surface area contributed by atoms with Crippen molar-refractivity contribution in [1.29, 1.82) is 0 Å². The van der Waals surface area contributed by atoms with Crippen molar-refractivity contribution in [3.63, 3.8) is 0 Å². The van der Waals surface area contributed by atoms with Gasteiger partial charge in [0.05, 0.1) is 5.02 Å². The van der Waals surface area contributed by atoms with Crippen LogP contribution >= 0.6 is 23.4 Å². The normalized spacial score (nSPS) is 15.9. The zero-order valence-corrected chi connectivity index (χ0v) is 18.7. The molecule has 0 aromatic heterocycles. The van der Waals surface area contributed by atoms with E-state index < -0.39 is 0 Å². The Bertz CT molecular complexity index is 1020. The summed E-state index contributed by atoms with van der Waals surface area (Å²) in [4.78, 5) is 29.3. The van der Waals surface area contributed by atoms with E-state index in [4.69, 9.17) is 21.1 Å². The standard InChI is InChI=1S/C23H23ClN2O4S/c1-16(27)25-8-10-26(11-9-25)23(28)7-3-17-2-6-22(19(24)14-17)31-18-4-5-20-21(15-18)30-13-12-29-20/h2-7,14-15H,8-13H2,1H3/b7-3+. The van der Waals surface area contributed by atoms with E-state index in [2.05, 4.69) is 0 Å². The second kappa shape index (κ2) is 9.66. The number of rotatable bonds is 4. The van der Waals surface area contributed by atoms with Crippen LogP contribution in [0, 0.1) is 0 Å². The average Bonchev–Trinajstić information content (AvgIpc) is 2.79. The third-order valence-electron chi connectivity index (χ3n) is 5.15. The van der Waals surface area contributed by atoms with Crippen LogP contribution in [0.3, 0.4) is 0 Å². The fraction of sp³-hybridized carbons (Fsp3) is 0.304. The number of hydrogen-bond acceptors (Lipinski definition) is 5. The Morgan fingerprint density at radius 1 is 0.968 bits per heavy atom. The van der Waals surface area contributed by atoms with E-state index in [0.29, 0.717) is 44.4 Å². The first-order valence-electron chi connectivity index (χ1n) is 10.1. The Hall–Kier alpha value is -2.64. The van der Waals surface area contributed by atoms with Gasteiger partial charge in [-0.3, -0.25) is 9.59 Å². The molecule has 0 unspecified atom stereocenters. The molecule has 162 valence electrons. The molecule has 2 heterocycles. The van der Waals surface area contributed by atoms with E-state index in [1.807, 2.05) is 36.4 Å². The maximum absolute atomic E-state index is 12.4. The predicted molar refractivity (Wildman–Crippen MR) is 121 cm³/mol. The minimum absolute atomic E-state index is 0.0477. The van der Waals surface area contributed by atoms with E-state index in [9.17, 15) is 9.59 Å². The van der Waals surface area contributed by atoms with Gasteiger partial charge in [0.15, 0.2) is 11.5 Å². The molecule has 1 fully saturated rings. The summed E-state index contributed by atoms with van der Waals surface area (Å²) in [7, 11) is 0. The number of ether oxygens (including phenoxy) is 2. The van der Waals surface area contributed by atoms with Gasteiger partial charge in [-0.25, -0.2) is 0 Å². The van der Waals surface area contributed by atoms with E-state index in [1.165, 1.54) is 0 Å². The van der Waals surface area contributed by atoms with Gasteiger partial charge in [0, 0.05) is 49.0 Å². The van der Waals surface area contributed by atoms with E-state index in [0.717, 1.165) is 26.9 Å². The number of fused-ring (bicyclic) bond motifs is 1. The monoisotopic (exact) mass is 458 g/mol. The number of benzene rings is 2. The second-order valence-electron chi connectivity index (χ2n) is 7.26. The van der Waals surface area contributed by atoms with E-state index >= 15 is 0 Å². The lowest BCUT2D eigenvalue weighted by molar-refractivity contribution is -0.135. The minimum Gasteiger partial charge on any atom is -0.486 e. The van der Waals surface area contributed by atoms with Gasteiger partial charge < -0.3 is 19.3 Å². The lowest BCUT2D eigenvalue weighted by atomic mass is 10.2. The van der Waals surface area contributed by atoms with Crippen LogP contribution in [0.4, 0.5) is 0 Å². The third-order valence-corrected chi connectivity index (χ3v) is 6.64. The number of hydrogen-bond donors (Lipinski definition) is 0. The number of amides is 2. The Labute approximate surface area is 190 Å². The van der Waals surface area contributed by atoms with Gasteiger partial charge in [0.2, 0.25) is 11.8 Å². The molecule has 0 saturated carbocycles. The largest absolute Gasteiger partial charge is 0.486 e. The molecular formula is C23H23ClN2O4S. The van der Waals surface area contributed by atoms with E-state index in [-0.39, 0.29) is 11.8 Å². The van der Waals surface area contributed by atoms with Crippen molar-refractivity contribution in [2.45, 2.75) is 16.7 Å². The molecule has 1 saturated heterocycles. The molecule has 31 heavy (non-hydrogen) atoms. The van der Waals surface area contributed by atoms with Crippen LogP contribution in [-0.2, 0) is 9.59 Å². The quantitative estimate of drug-likeness (QED) is 0.649. The summed E-state index contributed by atoms with van der Waals surface area (Å²) in [6.07, 6.45) is 3.33. The first-order valence-corrected chi connectivity index (χ1v) is 11.3. The van der Waals surface area contributed by atoms with Crippen LogP contribution in [-0.4, -0.2) is 61.0 Å². The van der Waals surface area contributed by atoms with Crippen molar-refractivity contribution in [3.05, 3.63) is 53.1 Å². The van der Waals surface area contributed by atoms with Gasteiger partial charge >= 0.3 is 0 Å². The van der Waals surface area contributed by atoms with Crippen molar-refractivity contribution < 1.29 is 19.1 Å². The average molecular weight is 459 g/mol. The van der Waals surface area contributed by atoms with Gasteiger partial charge in [-0.2, -0.15) is 0 Å². The molecule has 2 aliphatic heterocycles. The molecule has 8 heteroatoms. The first kappa shape index (κ1) is 21.6. The van der Waals surface area contributed by atoms with Gasteiger partial charge in [-0.15, -0.1) is 0 Å². The Morgan fingerprint density at radius 3 is 2.39 bits per heavy atom. The zero-order valence-electron chi connectivity index (χ0n) is 17.2. The van der Waals surface area contributed by atoms with E-state index in [1.54, 1.807) is 40.6 Å². The molecular weight excluding hydrogens is 436 g/mol. The summed E-state index contributed by atoms with van der Waals surface area (Å²) in [5.41, 5.74) is 0.854. The van der Waals surface area contributed by atoms with Gasteiger partial charge in [0.25, 0.3) is 0 Å². The Morgan fingerprint density at radius 2 is 1.68 bits per heavy atom. The van der Waals surface area contributed by atoms with Crippen molar-refractivity contribution in [2.24, 2.45) is 0 Å². The topological polar surface area (TPSA) is 59.1 Å². The maximum atomic E-state index is 12.4. The molecule has 2 aromatic carbocycles. The summed E-state index contributed by atoms with van der Waals surface area (Å²) >= 11 is 8.04. The minimum atomic E-state index is -0.0611. The zero-order chi connectivity index (χ0) is 21.8. The summed E-state index contributed by atoms with van der Waals surface area (Å²) in [6.45, 7) is 4.92. The lowest BCUT2D eigenvalue weighted by Gasteiger charge is -2.33. The van der Waals surface area contributed by atoms with Crippen molar-refractivity contribution in [1.82, 2.24) is 9.80 Å². The summed E-state index contributed by atoms with van der Waals surface area (Å²) in [5, 5.41) is 0.615. The molecule has 2 aromatic rings. The van der Waals surface area contributed by atoms with Crippen molar-refractivity contribution >= 4 is 41.3 Å².